The molecular formula is C24H31N5O3. The Balaban J connectivity index is 1.48. The monoisotopic (exact) mass is 437 g/mol. The van der Waals surface area contributed by atoms with Crippen LogP contribution in [0.15, 0.2) is 24.3 Å². The van der Waals surface area contributed by atoms with Crippen LogP contribution in [0.4, 0.5) is 5.82 Å². The fourth-order valence-electron chi connectivity index (χ4n) is 4.54. The second kappa shape index (κ2) is 9.54. The summed E-state index contributed by atoms with van der Waals surface area (Å²) in [5.41, 5.74) is 3.00. The highest BCUT2D eigenvalue weighted by molar-refractivity contribution is 5.79. The van der Waals surface area contributed by atoms with Crippen molar-refractivity contribution in [2.45, 2.75) is 45.1 Å². The molecule has 0 aliphatic carbocycles. The van der Waals surface area contributed by atoms with E-state index in [-0.39, 0.29) is 17.7 Å². The molecule has 1 aromatic carbocycles. The summed E-state index contributed by atoms with van der Waals surface area (Å²) in [6.07, 6.45) is 3.01. The molecule has 0 radical (unpaired) electrons. The van der Waals surface area contributed by atoms with Crippen molar-refractivity contribution in [3.63, 3.8) is 0 Å². The Hall–Kier alpha value is -3.16. The van der Waals surface area contributed by atoms with Gasteiger partial charge in [0.1, 0.15) is 17.4 Å². The van der Waals surface area contributed by atoms with Gasteiger partial charge in [-0.15, -0.1) is 0 Å². The predicted molar refractivity (Wildman–Crippen MR) is 122 cm³/mol. The Bertz CT molecular complexity index is 975. The number of carbonyl (C=O) groups excluding carboxylic acids is 2. The molecule has 0 bridgehead atoms. The molecule has 8 nitrogen and oxygen atoms in total. The fourth-order valence-corrected chi connectivity index (χ4v) is 4.54. The zero-order valence-electron chi connectivity index (χ0n) is 19.1. The lowest BCUT2D eigenvalue weighted by Crippen LogP contribution is -2.41. The highest BCUT2D eigenvalue weighted by Gasteiger charge is 2.29. The Morgan fingerprint density at radius 1 is 1.16 bits per heavy atom. The number of rotatable bonds is 5. The number of benzene rings is 1. The minimum atomic E-state index is 0.0695. The smallest absolute Gasteiger partial charge is 0.227 e. The van der Waals surface area contributed by atoms with E-state index in [1.165, 1.54) is 0 Å². The van der Waals surface area contributed by atoms with E-state index in [9.17, 15) is 9.59 Å². The molecular weight excluding hydrogens is 406 g/mol. The first-order chi connectivity index (χ1) is 15.5. The van der Waals surface area contributed by atoms with E-state index in [1.807, 2.05) is 41.1 Å². The second-order valence-corrected chi connectivity index (χ2v) is 8.50. The van der Waals surface area contributed by atoms with Crippen molar-refractivity contribution in [1.29, 1.82) is 0 Å². The van der Waals surface area contributed by atoms with Crippen molar-refractivity contribution in [2.24, 2.45) is 0 Å². The maximum Gasteiger partial charge on any atom is 0.227 e. The Kier molecular flexibility index (Phi) is 6.58. The summed E-state index contributed by atoms with van der Waals surface area (Å²) in [6, 6.07) is 7.65. The number of aromatic nitrogens is 2. The fraction of sp³-hybridized carbons (Fsp3) is 0.500. The second-order valence-electron chi connectivity index (χ2n) is 8.50. The minimum absolute atomic E-state index is 0.0695. The van der Waals surface area contributed by atoms with Gasteiger partial charge in [-0.05, 0) is 30.5 Å². The van der Waals surface area contributed by atoms with Gasteiger partial charge in [0.05, 0.1) is 25.8 Å². The van der Waals surface area contributed by atoms with Crippen LogP contribution in [0, 0.1) is 0 Å². The van der Waals surface area contributed by atoms with Crippen LogP contribution in [-0.2, 0) is 29.0 Å². The molecule has 32 heavy (non-hydrogen) atoms. The minimum Gasteiger partial charge on any atom is -0.497 e. The van der Waals surface area contributed by atoms with Crippen LogP contribution in [0.5, 0.6) is 5.75 Å². The van der Waals surface area contributed by atoms with Crippen LogP contribution < -0.4 is 10.1 Å². The zero-order chi connectivity index (χ0) is 22.7. The van der Waals surface area contributed by atoms with E-state index in [0.29, 0.717) is 26.1 Å². The standard InChI is InChI=1S/C24H31N5O3/c1-16(30)28-12-10-21-20(15-28)24(25-2)27-23(26-21)18-5-4-11-29(14-18)22(31)13-17-6-8-19(32-3)9-7-17/h6-9,18H,4-5,10-15H2,1-3H3,(H,25,26,27). The number of hydrogen-bond donors (Lipinski definition) is 1. The summed E-state index contributed by atoms with van der Waals surface area (Å²) in [6.45, 7) is 4.22. The van der Waals surface area contributed by atoms with Gasteiger partial charge in [-0.25, -0.2) is 9.97 Å². The number of methoxy groups -OCH3 is 1. The van der Waals surface area contributed by atoms with Crippen molar-refractivity contribution >= 4 is 17.6 Å². The van der Waals surface area contributed by atoms with Gasteiger partial charge in [-0.2, -0.15) is 0 Å². The summed E-state index contributed by atoms with van der Waals surface area (Å²) >= 11 is 0. The van der Waals surface area contributed by atoms with Crippen LogP contribution in [0.3, 0.4) is 0 Å². The average molecular weight is 438 g/mol. The maximum absolute atomic E-state index is 13.0. The molecule has 170 valence electrons. The SMILES string of the molecule is CNc1nc(C2CCCN(C(=O)Cc3ccc(OC)cc3)C2)nc2c1CN(C(C)=O)CC2. The van der Waals surface area contributed by atoms with Crippen LogP contribution in [-0.4, -0.2) is 65.4 Å². The van der Waals surface area contributed by atoms with Gasteiger partial charge in [-0.3, -0.25) is 9.59 Å². The molecule has 1 fully saturated rings. The molecule has 1 N–H and O–H groups in total. The van der Waals surface area contributed by atoms with E-state index < -0.39 is 0 Å². The van der Waals surface area contributed by atoms with Gasteiger partial charge in [0.15, 0.2) is 0 Å². The molecule has 1 aromatic heterocycles. The van der Waals surface area contributed by atoms with Gasteiger partial charge in [0.25, 0.3) is 0 Å². The molecule has 1 unspecified atom stereocenters. The van der Waals surface area contributed by atoms with Gasteiger partial charge >= 0.3 is 0 Å². The van der Waals surface area contributed by atoms with Crippen LogP contribution in [0.2, 0.25) is 0 Å². The van der Waals surface area contributed by atoms with Crippen molar-refractivity contribution < 1.29 is 14.3 Å². The Labute approximate surface area is 189 Å². The van der Waals surface area contributed by atoms with Gasteiger partial charge in [0.2, 0.25) is 11.8 Å². The van der Waals surface area contributed by atoms with Gasteiger partial charge < -0.3 is 19.9 Å². The van der Waals surface area contributed by atoms with Crippen LogP contribution in [0.25, 0.3) is 0 Å². The summed E-state index contributed by atoms with van der Waals surface area (Å²) < 4.78 is 5.20. The first kappa shape index (κ1) is 22.0. The first-order valence-electron chi connectivity index (χ1n) is 11.2. The predicted octanol–water partition coefficient (Wildman–Crippen LogP) is 2.38. The summed E-state index contributed by atoms with van der Waals surface area (Å²) in [4.78, 5) is 38.2. The number of amides is 2. The number of piperidine rings is 1. The molecule has 1 saturated heterocycles. The molecule has 4 rings (SSSR count). The van der Waals surface area contributed by atoms with Crippen molar-refractivity contribution in [2.75, 3.05) is 39.1 Å². The number of fused-ring (bicyclic) bond motifs is 1. The lowest BCUT2D eigenvalue weighted by Gasteiger charge is -2.33. The van der Waals surface area contributed by atoms with Crippen molar-refractivity contribution in [1.82, 2.24) is 19.8 Å². The summed E-state index contributed by atoms with van der Waals surface area (Å²) in [5.74, 6) is 2.69. The third kappa shape index (κ3) is 4.69. The molecule has 0 saturated carbocycles. The number of nitrogens with one attached hydrogen (secondary N) is 1. The third-order valence-electron chi connectivity index (χ3n) is 6.41. The summed E-state index contributed by atoms with van der Waals surface area (Å²) in [7, 11) is 3.49. The molecule has 2 aromatic rings. The van der Waals surface area contributed by atoms with E-state index in [2.05, 4.69) is 5.32 Å². The van der Waals surface area contributed by atoms with E-state index in [4.69, 9.17) is 14.7 Å². The first-order valence-corrected chi connectivity index (χ1v) is 11.2. The normalized spacial score (nSPS) is 18.2. The highest BCUT2D eigenvalue weighted by atomic mass is 16.5. The zero-order valence-corrected chi connectivity index (χ0v) is 19.1. The third-order valence-corrected chi connectivity index (χ3v) is 6.41. The van der Waals surface area contributed by atoms with E-state index in [1.54, 1.807) is 14.0 Å². The number of carbonyl (C=O) groups is 2. The number of likely N-dealkylation sites (tertiary alicyclic amines) is 1. The molecule has 2 aliphatic rings. The van der Waals surface area contributed by atoms with Crippen molar-refractivity contribution in [3.05, 3.63) is 46.9 Å². The van der Waals surface area contributed by atoms with Crippen molar-refractivity contribution in [3.8, 4) is 5.75 Å². The molecule has 1 atom stereocenters. The molecule has 0 spiro atoms. The van der Waals surface area contributed by atoms with E-state index in [0.717, 1.165) is 60.0 Å². The van der Waals surface area contributed by atoms with E-state index >= 15 is 0 Å². The van der Waals surface area contributed by atoms with Crippen LogP contribution in [0.1, 0.15) is 48.3 Å². The Morgan fingerprint density at radius 3 is 2.62 bits per heavy atom. The van der Waals surface area contributed by atoms with Crippen LogP contribution >= 0.6 is 0 Å². The lowest BCUT2D eigenvalue weighted by atomic mass is 9.95. The number of hydrogen-bond acceptors (Lipinski definition) is 6. The number of nitrogens with zero attached hydrogens (tertiary/aromatic N) is 4. The number of ether oxygens (including phenoxy) is 1. The molecule has 3 heterocycles. The molecule has 2 amide bonds. The molecule has 8 heteroatoms. The summed E-state index contributed by atoms with van der Waals surface area (Å²) in [5, 5.41) is 3.19. The Morgan fingerprint density at radius 2 is 1.94 bits per heavy atom. The highest BCUT2D eigenvalue weighted by Crippen LogP contribution is 2.30. The average Bonchev–Trinajstić information content (AvgIpc) is 2.83. The molecule has 2 aliphatic heterocycles. The largest absolute Gasteiger partial charge is 0.497 e. The van der Waals surface area contributed by atoms with Gasteiger partial charge in [-0.1, -0.05) is 12.1 Å². The topological polar surface area (TPSA) is 87.7 Å². The van der Waals surface area contributed by atoms with Gasteiger partial charge in [0, 0.05) is 51.5 Å². The number of anilines is 1. The lowest BCUT2D eigenvalue weighted by molar-refractivity contribution is -0.131. The maximum atomic E-state index is 13.0. The quantitative estimate of drug-likeness (QED) is 0.773.